The highest BCUT2D eigenvalue weighted by atomic mass is 16.3. The Labute approximate surface area is 82.7 Å². The standard InChI is InChI=1S/C11H12N2O/c1-2-11-12-6-7-13(11)9-4-3-5-10(14)8-9/h3-8,14H,2H2,1H3. The molecule has 0 aliphatic rings. The maximum atomic E-state index is 9.34. The first-order valence-electron chi connectivity index (χ1n) is 4.63. The molecule has 0 aliphatic heterocycles. The highest BCUT2D eigenvalue weighted by molar-refractivity contribution is 5.39. The number of hydrogen-bond donors (Lipinski definition) is 1. The van der Waals surface area contributed by atoms with Gasteiger partial charge in [0.15, 0.2) is 0 Å². The van der Waals surface area contributed by atoms with Crippen LogP contribution in [0.5, 0.6) is 5.75 Å². The van der Waals surface area contributed by atoms with Gasteiger partial charge in [0.05, 0.1) is 5.69 Å². The van der Waals surface area contributed by atoms with Crippen LogP contribution in [-0.2, 0) is 6.42 Å². The van der Waals surface area contributed by atoms with Crippen molar-refractivity contribution < 1.29 is 5.11 Å². The predicted molar refractivity (Wildman–Crippen MR) is 54.6 cm³/mol. The second-order valence-corrected chi connectivity index (χ2v) is 3.09. The van der Waals surface area contributed by atoms with Crippen molar-refractivity contribution in [3.8, 4) is 11.4 Å². The molecule has 0 fully saturated rings. The van der Waals surface area contributed by atoms with E-state index < -0.39 is 0 Å². The third-order valence-corrected chi connectivity index (χ3v) is 2.14. The normalized spacial score (nSPS) is 10.4. The van der Waals surface area contributed by atoms with Crippen molar-refractivity contribution in [1.82, 2.24) is 9.55 Å². The molecule has 3 heteroatoms. The molecule has 2 rings (SSSR count). The second-order valence-electron chi connectivity index (χ2n) is 3.09. The Balaban J connectivity index is 2.49. The van der Waals surface area contributed by atoms with Crippen molar-refractivity contribution in [2.75, 3.05) is 0 Å². The van der Waals surface area contributed by atoms with Gasteiger partial charge in [0.2, 0.25) is 0 Å². The van der Waals surface area contributed by atoms with Gasteiger partial charge in [0.25, 0.3) is 0 Å². The lowest BCUT2D eigenvalue weighted by Crippen LogP contribution is -1.98. The third-order valence-electron chi connectivity index (χ3n) is 2.14. The van der Waals surface area contributed by atoms with Crippen molar-refractivity contribution in [2.24, 2.45) is 0 Å². The maximum absolute atomic E-state index is 9.34. The minimum Gasteiger partial charge on any atom is -0.508 e. The van der Waals surface area contributed by atoms with Crippen molar-refractivity contribution in [3.05, 3.63) is 42.5 Å². The molecule has 0 radical (unpaired) electrons. The van der Waals surface area contributed by atoms with E-state index in [2.05, 4.69) is 11.9 Å². The van der Waals surface area contributed by atoms with Gasteiger partial charge in [-0.15, -0.1) is 0 Å². The molecule has 0 saturated carbocycles. The van der Waals surface area contributed by atoms with E-state index in [-0.39, 0.29) is 5.75 Å². The zero-order valence-electron chi connectivity index (χ0n) is 8.01. The number of rotatable bonds is 2. The summed E-state index contributed by atoms with van der Waals surface area (Å²) in [5.74, 6) is 1.27. The summed E-state index contributed by atoms with van der Waals surface area (Å²) in [5.41, 5.74) is 0.944. The molecule has 2 aromatic rings. The number of hydrogen-bond acceptors (Lipinski definition) is 2. The summed E-state index contributed by atoms with van der Waals surface area (Å²) in [4.78, 5) is 4.22. The Morgan fingerprint density at radius 3 is 3.00 bits per heavy atom. The Morgan fingerprint density at radius 2 is 2.29 bits per heavy atom. The number of aromatic hydroxyl groups is 1. The monoisotopic (exact) mass is 188 g/mol. The molecule has 3 nitrogen and oxygen atoms in total. The highest BCUT2D eigenvalue weighted by Gasteiger charge is 2.02. The van der Waals surface area contributed by atoms with Crippen LogP contribution in [0.4, 0.5) is 0 Å². The summed E-state index contributed by atoms with van der Waals surface area (Å²) >= 11 is 0. The number of phenolic OH excluding ortho intramolecular Hbond substituents is 1. The average Bonchev–Trinajstić information content (AvgIpc) is 2.65. The number of phenols is 1. The molecule has 1 aromatic carbocycles. The second kappa shape index (κ2) is 3.54. The van der Waals surface area contributed by atoms with E-state index in [1.165, 1.54) is 0 Å². The minimum atomic E-state index is 0.276. The molecule has 0 aliphatic carbocycles. The van der Waals surface area contributed by atoms with E-state index in [4.69, 9.17) is 0 Å². The Morgan fingerprint density at radius 1 is 1.43 bits per heavy atom. The van der Waals surface area contributed by atoms with E-state index in [0.29, 0.717) is 0 Å². The van der Waals surface area contributed by atoms with Crippen molar-refractivity contribution in [2.45, 2.75) is 13.3 Å². The van der Waals surface area contributed by atoms with Crippen LogP contribution >= 0.6 is 0 Å². The summed E-state index contributed by atoms with van der Waals surface area (Å²) in [6.07, 6.45) is 4.54. The van der Waals surface area contributed by atoms with Crippen LogP contribution in [0.25, 0.3) is 5.69 Å². The Kier molecular flexibility index (Phi) is 2.23. The van der Waals surface area contributed by atoms with Crippen LogP contribution in [0.15, 0.2) is 36.7 Å². The van der Waals surface area contributed by atoms with Crippen molar-refractivity contribution in [1.29, 1.82) is 0 Å². The number of benzene rings is 1. The SMILES string of the molecule is CCc1nccn1-c1cccc(O)c1. The molecule has 1 N–H and O–H groups in total. The average molecular weight is 188 g/mol. The zero-order valence-corrected chi connectivity index (χ0v) is 8.01. The van der Waals surface area contributed by atoms with Gasteiger partial charge in [0, 0.05) is 24.9 Å². The fourth-order valence-electron chi connectivity index (χ4n) is 1.47. The molecule has 1 aromatic heterocycles. The fourth-order valence-corrected chi connectivity index (χ4v) is 1.47. The molecule has 0 saturated heterocycles. The van der Waals surface area contributed by atoms with Crippen LogP contribution in [-0.4, -0.2) is 14.7 Å². The smallest absolute Gasteiger partial charge is 0.117 e. The molecule has 14 heavy (non-hydrogen) atoms. The van der Waals surface area contributed by atoms with Gasteiger partial charge in [-0.2, -0.15) is 0 Å². The maximum Gasteiger partial charge on any atom is 0.117 e. The van der Waals surface area contributed by atoms with Gasteiger partial charge in [0.1, 0.15) is 11.6 Å². The molecule has 72 valence electrons. The summed E-state index contributed by atoms with van der Waals surface area (Å²) in [6.45, 7) is 2.06. The first kappa shape index (κ1) is 8.81. The van der Waals surface area contributed by atoms with E-state index >= 15 is 0 Å². The first-order valence-corrected chi connectivity index (χ1v) is 4.63. The molecule has 0 amide bonds. The summed E-state index contributed by atoms with van der Waals surface area (Å²) < 4.78 is 1.97. The van der Waals surface area contributed by atoms with E-state index in [1.807, 2.05) is 22.9 Å². The summed E-state index contributed by atoms with van der Waals surface area (Å²) in [6, 6.07) is 7.15. The lowest BCUT2D eigenvalue weighted by atomic mass is 10.3. The molecule has 0 spiro atoms. The summed E-state index contributed by atoms with van der Waals surface area (Å²) in [5, 5.41) is 9.34. The fraction of sp³-hybridized carbons (Fsp3) is 0.182. The van der Waals surface area contributed by atoms with Crippen LogP contribution in [0.3, 0.4) is 0 Å². The van der Waals surface area contributed by atoms with Crippen molar-refractivity contribution in [3.63, 3.8) is 0 Å². The van der Waals surface area contributed by atoms with Gasteiger partial charge >= 0.3 is 0 Å². The molecular weight excluding hydrogens is 176 g/mol. The number of imidazole rings is 1. The Bertz CT molecular complexity index is 434. The summed E-state index contributed by atoms with van der Waals surface area (Å²) in [7, 11) is 0. The molecule has 0 atom stereocenters. The molecule has 1 heterocycles. The van der Waals surface area contributed by atoms with E-state index in [0.717, 1.165) is 17.9 Å². The molecule has 0 bridgehead atoms. The van der Waals surface area contributed by atoms with Gasteiger partial charge in [-0.1, -0.05) is 13.0 Å². The predicted octanol–water partition coefficient (Wildman–Crippen LogP) is 2.14. The lowest BCUT2D eigenvalue weighted by molar-refractivity contribution is 0.475. The quantitative estimate of drug-likeness (QED) is 0.784. The zero-order chi connectivity index (χ0) is 9.97. The topological polar surface area (TPSA) is 38.0 Å². The van der Waals surface area contributed by atoms with E-state index in [1.54, 1.807) is 18.3 Å². The van der Waals surface area contributed by atoms with Crippen LogP contribution < -0.4 is 0 Å². The van der Waals surface area contributed by atoms with E-state index in [9.17, 15) is 5.11 Å². The van der Waals surface area contributed by atoms with Gasteiger partial charge in [-0.05, 0) is 12.1 Å². The largest absolute Gasteiger partial charge is 0.508 e. The number of nitrogens with zero attached hydrogens (tertiary/aromatic N) is 2. The van der Waals surface area contributed by atoms with Gasteiger partial charge < -0.3 is 9.67 Å². The lowest BCUT2D eigenvalue weighted by Gasteiger charge is -2.06. The Hall–Kier alpha value is -1.77. The van der Waals surface area contributed by atoms with Gasteiger partial charge in [-0.25, -0.2) is 4.98 Å². The molecular formula is C11H12N2O. The van der Waals surface area contributed by atoms with Crippen LogP contribution in [0.2, 0.25) is 0 Å². The number of aromatic nitrogens is 2. The highest BCUT2D eigenvalue weighted by Crippen LogP contribution is 2.16. The minimum absolute atomic E-state index is 0.276. The van der Waals surface area contributed by atoms with Crippen LogP contribution in [0.1, 0.15) is 12.7 Å². The van der Waals surface area contributed by atoms with Crippen molar-refractivity contribution >= 4 is 0 Å². The third kappa shape index (κ3) is 1.48. The molecule has 0 unspecified atom stereocenters. The van der Waals surface area contributed by atoms with Gasteiger partial charge in [-0.3, -0.25) is 0 Å². The van der Waals surface area contributed by atoms with Crippen LogP contribution in [0, 0.1) is 0 Å². The number of aryl methyl sites for hydroxylation is 1. The first-order chi connectivity index (χ1) is 6.81.